The summed E-state index contributed by atoms with van der Waals surface area (Å²) in [5.74, 6) is 0. The van der Waals surface area contributed by atoms with Crippen LogP contribution < -0.4 is 0 Å². The lowest BCUT2D eigenvalue weighted by Crippen LogP contribution is -1.61. The van der Waals surface area contributed by atoms with Gasteiger partial charge in [-0.2, -0.15) is 0 Å². The van der Waals surface area contributed by atoms with Crippen LogP contribution in [0.5, 0.6) is 0 Å². The van der Waals surface area contributed by atoms with Gasteiger partial charge < -0.3 is 0 Å². The Morgan fingerprint density at radius 1 is 1.86 bits per heavy atom. The Labute approximate surface area is 50.3 Å². The van der Waals surface area contributed by atoms with E-state index in [0.29, 0.717) is 0 Å². The lowest BCUT2D eigenvalue weighted by Gasteiger charge is -1.62. The molecule has 0 spiro atoms. The fourth-order valence-corrected chi connectivity index (χ4v) is 0.690. The Morgan fingerprint density at radius 2 is 2.71 bits per heavy atom. The number of rotatable bonds is 1. The molecule has 0 saturated heterocycles. The first-order valence-corrected chi connectivity index (χ1v) is 2.77. The average molecular weight is 129 g/mol. The fourth-order valence-electron chi connectivity index (χ4n) is 0.212. The van der Waals surface area contributed by atoms with E-state index in [-0.39, 0.29) is 0 Å². The molecule has 4 heteroatoms. The van der Waals surface area contributed by atoms with Gasteiger partial charge in [-0.25, -0.2) is 0 Å². The molecule has 0 amide bonds. The molecule has 0 aliphatic heterocycles. The number of hydrogen-bond donors (Lipinski definition) is 0. The van der Waals surface area contributed by atoms with Gasteiger partial charge >= 0.3 is 0 Å². The first-order valence-electron chi connectivity index (χ1n) is 1.59. The molecule has 1 aromatic rings. The van der Waals surface area contributed by atoms with Gasteiger partial charge in [0, 0.05) is 0 Å². The van der Waals surface area contributed by atoms with Crippen LogP contribution in [0, 0.1) is 0 Å². The number of thiocarbonyl (C=S) groups is 1. The van der Waals surface area contributed by atoms with E-state index in [9.17, 15) is 0 Å². The Hall–Kier alpha value is -0.350. The van der Waals surface area contributed by atoms with Gasteiger partial charge in [0.15, 0.2) is 0 Å². The minimum Gasteiger partial charge on any atom is -0.146 e. The summed E-state index contributed by atoms with van der Waals surface area (Å²) in [6.07, 6.45) is 1.58. The maximum Gasteiger partial charge on any atom is 0.0877 e. The second-order valence-corrected chi connectivity index (χ2v) is 1.87. The maximum absolute atomic E-state index is 4.45. The summed E-state index contributed by atoms with van der Waals surface area (Å²) in [5.41, 5.74) is 0. The van der Waals surface area contributed by atoms with Crippen LogP contribution in [0.3, 0.4) is 0 Å². The maximum atomic E-state index is 4.45. The average Bonchev–Trinajstić information content (AvgIpc) is 2.14. The number of hydrogen-bond acceptors (Lipinski definition) is 4. The van der Waals surface area contributed by atoms with Gasteiger partial charge in [0.25, 0.3) is 0 Å². The highest BCUT2D eigenvalue weighted by Crippen LogP contribution is 1.95. The third-order valence-corrected chi connectivity index (χ3v) is 1.39. The summed E-state index contributed by atoms with van der Waals surface area (Å²) in [6.45, 7) is 0. The van der Waals surface area contributed by atoms with Crippen molar-refractivity contribution in [1.29, 1.82) is 0 Å². The van der Waals surface area contributed by atoms with Crippen molar-refractivity contribution < 1.29 is 0 Å². The molecular formula is C3HN2S2. The lowest BCUT2D eigenvalue weighted by atomic mass is 10.7. The molecule has 0 fully saturated rings. The van der Waals surface area contributed by atoms with Crippen LogP contribution in [0.2, 0.25) is 0 Å². The molecular weight excluding hydrogens is 128 g/mol. The zero-order valence-electron chi connectivity index (χ0n) is 3.29. The predicted octanol–water partition coefficient (Wildman–Crippen LogP) is 0.763. The van der Waals surface area contributed by atoms with E-state index in [1.54, 1.807) is 6.20 Å². The van der Waals surface area contributed by atoms with E-state index in [2.05, 4.69) is 27.2 Å². The first-order chi connectivity index (χ1) is 3.43. The van der Waals surface area contributed by atoms with E-state index >= 15 is 0 Å². The predicted molar refractivity (Wildman–Crippen MR) is 31.6 cm³/mol. The summed E-state index contributed by atoms with van der Waals surface area (Å²) in [4.78, 5) is 0.815. The second kappa shape index (κ2) is 2.09. The van der Waals surface area contributed by atoms with Crippen molar-refractivity contribution >= 4 is 29.1 Å². The Bertz CT molecular complexity index is 146. The van der Waals surface area contributed by atoms with Gasteiger partial charge in [-0.3, -0.25) is 0 Å². The number of nitrogens with zero attached hydrogens (tertiary/aromatic N) is 2. The molecule has 0 unspecified atom stereocenters. The molecule has 7 heavy (non-hydrogen) atoms. The molecule has 0 saturated carbocycles. The van der Waals surface area contributed by atoms with Gasteiger partial charge in [0.1, 0.15) is 0 Å². The molecule has 2 nitrogen and oxygen atoms in total. The zero-order chi connectivity index (χ0) is 5.11. The van der Waals surface area contributed by atoms with Gasteiger partial charge in [0.2, 0.25) is 0 Å². The van der Waals surface area contributed by atoms with E-state index in [1.807, 2.05) is 0 Å². The SMILES string of the molecule is S=[C]c1cnns1. The molecule has 1 radical (unpaired) electrons. The van der Waals surface area contributed by atoms with Crippen LogP contribution in [-0.4, -0.2) is 15.0 Å². The summed E-state index contributed by atoms with van der Waals surface area (Å²) in [5, 5.41) is 6.02. The smallest absolute Gasteiger partial charge is 0.0877 e. The van der Waals surface area contributed by atoms with E-state index < -0.39 is 0 Å². The minimum absolute atomic E-state index is 0.815. The molecule has 1 heterocycles. The van der Waals surface area contributed by atoms with E-state index in [4.69, 9.17) is 0 Å². The standard InChI is InChI=1S/C3HN2S2/c6-2-3-1-4-5-7-3/h1H. The molecule has 1 rings (SSSR count). The van der Waals surface area contributed by atoms with Crippen molar-refractivity contribution in [2.24, 2.45) is 0 Å². The zero-order valence-corrected chi connectivity index (χ0v) is 4.92. The Balaban J connectivity index is 2.96. The third kappa shape index (κ3) is 1.01. The minimum atomic E-state index is 0.815. The fraction of sp³-hybridized carbons (Fsp3) is 0. The van der Waals surface area contributed by atoms with Crippen LogP contribution in [-0.2, 0) is 0 Å². The molecule has 0 N–H and O–H groups in total. The van der Waals surface area contributed by atoms with Crippen LogP contribution in [0.1, 0.15) is 4.88 Å². The molecule has 0 aliphatic carbocycles. The highest BCUT2D eigenvalue weighted by atomic mass is 32.1. The van der Waals surface area contributed by atoms with Gasteiger partial charge in [-0.1, -0.05) is 16.7 Å². The van der Waals surface area contributed by atoms with Crippen LogP contribution in [0.25, 0.3) is 0 Å². The molecule has 1 aromatic heterocycles. The van der Waals surface area contributed by atoms with Crippen molar-refractivity contribution in [3.05, 3.63) is 11.1 Å². The summed E-state index contributed by atoms with van der Waals surface area (Å²) in [6, 6.07) is 0. The molecule has 35 valence electrons. The summed E-state index contributed by atoms with van der Waals surface area (Å²) >= 11 is 5.70. The summed E-state index contributed by atoms with van der Waals surface area (Å²) < 4.78 is 3.56. The monoisotopic (exact) mass is 129 g/mol. The first kappa shape index (κ1) is 4.80. The third-order valence-electron chi connectivity index (χ3n) is 0.462. The van der Waals surface area contributed by atoms with Crippen LogP contribution in [0.15, 0.2) is 6.20 Å². The van der Waals surface area contributed by atoms with Crippen molar-refractivity contribution in [1.82, 2.24) is 9.59 Å². The molecule has 0 aliphatic rings. The molecule has 0 aromatic carbocycles. The second-order valence-electron chi connectivity index (χ2n) is 0.884. The van der Waals surface area contributed by atoms with Gasteiger partial charge in [-0.05, 0) is 11.5 Å². The lowest BCUT2D eigenvalue weighted by molar-refractivity contribution is 1.16. The Kier molecular flexibility index (Phi) is 1.43. The highest BCUT2D eigenvalue weighted by Gasteiger charge is 1.84. The molecule has 0 bridgehead atoms. The van der Waals surface area contributed by atoms with Crippen molar-refractivity contribution in [2.75, 3.05) is 0 Å². The quantitative estimate of drug-likeness (QED) is 0.524. The Morgan fingerprint density at radius 3 is 3.00 bits per heavy atom. The van der Waals surface area contributed by atoms with Crippen LogP contribution >= 0.6 is 23.8 Å². The van der Waals surface area contributed by atoms with Gasteiger partial charge in [0.05, 0.1) is 16.4 Å². The molecule has 0 atom stereocenters. The van der Waals surface area contributed by atoms with Crippen LogP contribution in [0.4, 0.5) is 0 Å². The van der Waals surface area contributed by atoms with E-state index in [1.165, 1.54) is 11.5 Å². The van der Waals surface area contributed by atoms with E-state index in [0.717, 1.165) is 4.88 Å². The normalized spacial score (nSPS) is 8.57. The van der Waals surface area contributed by atoms with Crippen molar-refractivity contribution in [3.8, 4) is 0 Å². The van der Waals surface area contributed by atoms with Crippen molar-refractivity contribution in [3.63, 3.8) is 0 Å². The van der Waals surface area contributed by atoms with Crippen molar-refractivity contribution in [2.45, 2.75) is 0 Å². The van der Waals surface area contributed by atoms with Gasteiger partial charge in [-0.15, -0.1) is 5.10 Å². The number of aromatic nitrogens is 2. The topological polar surface area (TPSA) is 25.8 Å². The summed E-state index contributed by atoms with van der Waals surface area (Å²) in [7, 11) is 0. The highest BCUT2D eigenvalue weighted by molar-refractivity contribution is 7.79. The largest absolute Gasteiger partial charge is 0.146 e.